The van der Waals surface area contributed by atoms with Crippen molar-refractivity contribution in [2.24, 2.45) is 17.2 Å². The van der Waals surface area contributed by atoms with Crippen LogP contribution in [0.1, 0.15) is 0 Å². The fraction of sp³-hybridized carbons (Fsp3) is 0.857. The van der Waals surface area contributed by atoms with Crippen LogP contribution in [0.5, 0.6) is 0 Å². The van der Waals surface area contributed by atoms with Crippen LogP contribution < -0.4 is 17.2 Å². The zero-order valence-corrected chi connectivity index (χ0v) is 7.83. The van der Waals surface area contributed by atoms with E-state index in [9.17, 15) is 0 Å². The average molecular weight is 189 g/mol. The van der Waals surface area contributed by atoms with Gasteiger partial charge in [0.2, 0.25) is 0 Å². The molecular weight excluding hydrogens is 170 g/mol. The highest BCUT2D eigenvalue weighted by Gasteiger charge is 2.07. The van der Waals surface area contributed by atoms with Crippen LogP contribution in [0.3, 0.4) is 0 Å². The van der Waals surface area contributed by atoms with Gasteiger partial charge in [0.1, 0.15) is 0 Å². The predicted octanol–water partition coefficient (Wildman–Crippen LogP) is -1.88. The van der Waals surface area contributed by atoms with Crippen LogP contribution in [0, 0.1) is 5.41 Å². The lowest BCUT2D eigenvalue weighted by Crippen LogP contribution is -2.39. The van der Waals surface area contributed by atoms with Crippen molar-refractivity contribution in [1.29, 1.82) is 5.41 Å². The van der Waals surface area contributed by atoms with Crippen molar-refractivity contribution in [2.45, 2.75) is 0 Å². The van der Waals surface area contributed by atoms with Crippen molar-refractivity contribution in [3.05, 3.63) is 0 Å². The molecule has 13 heavy (non-hydrogen) atoms. The number of nitrogens with zero attached hydrogens (tertiary/aromatic N) is 1. The summed E-state index contributed by atoms with van der Waals surface area (Å²) in [5.74, 6) is -0.333. The van der Waals surface area contributed by atoms with Crippen molar-refractivity contribution in [1.82, 2.24) is 4.90 Å². The predicted molar refractivity (Wildman–Crippen MR) is 52.4 cm³/mol. The summed E-state index contributed by atoms with van der Waals surface area (Å²) in [6.07, 6.45) is 0. The maximum atomic E-state index is 6.06. The Morgan fingerprint density at radius 3 is 2.15 bits per heavy atom. The monoisotopic (exact) mass is 189 g/mol. The molecule has 1 aliphatic rings. The SMILES string of the molecule is N=C(N)N.NCCN1CCOCC1. The number of nitrogens with two attached hydrogens (primary N) is 3. The highest BCUT2D eigenvalue weighted by Crippen LogP contribution is 1.93. The first kappa shape index (κ1) is 12.2. The van der Waals surface area contributed by atoms with Gasteiger partial charge in [-0.25, -0.2) is 0 Å². The van der Waals surface area contributed by atoms with Gasteiger partial charge in [-0.05, 0) is 0 Å². The first-order chi connectivity index (χ1) is 6.16. The maximum Gasteiger partial charge on any atom is 0.183 e. The van der Waals surface area contributed by atoms with Gasteiger partial charge >= 0.3 is 0 Å². The zero-order chi connectivity index (χ0) is 10.1. The van der Waals surface area contributed by atoms with Crippen molar-refractivity contribution < 1.29 is 4.74 Å². The standard InChI is InChI=1S/C6H14N2O.CH5N3/c7-1-2-8-3-5-9-6-4-8;2-1(3)4/h1-7H2;(H5,2,3,4). The number of hydrogen-bond acceptors (Lipinski definition) is 4. The van der Waals surface area contributed by atoms with Gasteiger partial charge in [0.25, 0.3) is 0 Å². The number of ether oxygens (including phenoxy) is 1. The van der Waals surface area contributed by atoms with E-state index in [1.165, 1.54) is 0 Å². The summed E-state index contributed by atoms with van der Waals surface area (Å²) < 4.78 is 5.16. The van der Waals surface area contributed by atoms with Crippen LogP contribution >= 0.6 is 0 Å². The highest BCUT2D eigenvalue weighted by atomic mass is 16.5. The summed E-state index contributed by atoms with van der Waals surface area (Å²) >= 11 is 0. The van der Waals surface area contributed by atoms with Gasteiger partial charge in [-0.15, -0.1) is 0 Å². The Hall–Kier alpha value is -0.850. The number of hydrogen-bond donors (Lipinski definition) is 4. The molecule has 0 amide bonds. The summed E-state index contributed by atoms with van der Waals surface area (Å²) in [7, 11) is 0. The summed E-state index contributed by atoms with van der Waals surface area (Å²) in [4.78, 5) is 2.32. The smallest absolute Gasteiger partial charge is 0.183 e. The lowest BCUT2D eigenvalue weighted by atomic mass is 10.4. The third kappa shape index (κ3) is 9.06. The largest absolute Gasteiger partial charge is 0.379 e. The third-order valence-corrected chi connectivity index (χ3v) is 1.55. The van der Waals surface area contributed by atoms with Crippen molar-refractivity contribution in [2.75, 3.05) is 39.4 Å². The van der Waals surface area contributed by atoms with Gasteiger partial charge in [-0.3, -0.25) is 10.3 Å². The van der Waals surface area contributed by atoms with Crippen molar-refractivity contribution >= 4 is 5.96 Å². The van der Waals surface area contributed by atoms with Gasteiger partial charge in [0.15, 0.2) is 5.96 Å². The molecule has 1 fully saturated rings. The van der Waals surface area contributed by atoms with Gasteiger partial charge in [0, 0.05) is 26.2 Å². The number of guanidine groups is 1. The van der Waals surface area contributed by atoms with Crippen LogP contribution in [0.25, 0.3) is 0 Å². The lowest BCUT2D eigenvalue weighted by molar-refractivity contribution is 0.0394. The molecule has 0 bridgehead atoms. The van der Waals surface area contributed by atoms with Crippen molar-refractivity contribution in [3.63, 3.8) is 0 Å². The Morgan fingerprint density at radius 1 is 1.31 bits per heavy atom. The molecule has 0 aromatic heterocycles. The van der Waals surface area contributed by atoms with E-state index in [4.69, 9.17) is 15.9 Å². The van der Waals surface area contributed by atoms with E-state index >= 15 is 0 Å². The molecule has 6 heteroatoms. The Labute approximate surface area is 78.5 Å². The fourth-order valence-corrected chi connectivity index (χ4v) is 1.01. The molecule has 1 aliphatic heterocycles. The van der Waals surface area contributed by atoms with Crippen LogP contribution in [0.4, 0.5) is 0 Å². The molecule has 0 radical (unpaired) electrons. The molecule has 1 heterocycles. The number of nitrogens with one attached hydrogen (secondary N) is 1. The van der Waals surface area contributed by atoms with E-state index in [0.717, 1.165) is 39.4 Å². The molecule has 6 nitrogen and oxygen atoms in total. The first-order valence-electron chi connectivity index (χ1n) is 4.26. The molecule has 0 unspecified atom stereocenters. The van der Waals surface area contributed by atoms with E-state index < -0.39 is 0 Å². The van der Waals surface area contributed by atoms with E-state index in [2.05, 4.69) is 16.4 Å². The minimum atomic E-state index is -0.333. The van der Waals surface area contributed by atoms with Gasteiger partial charge in [-0.1, -0.05) is 0 Å². The molecule has 7 N–H and O–H groups in total. The second-order valence-corrected chi connectivity index (χ2v) is 2.70. The van der Waals surface area contributed by atoms with Gasteiger partial charge in [-0.2, -0.15) is 0 Å². The first-order valence-corrected chi connectivity index (χ1v) is 4.26. The molecule has 0 aromatic carbocycles. The molecule has 0 atom stereocenters. The number of morpholine rings is 1. The molecule has 0 aliphatic carbocycles. The van der Waals surface area contributed by atoms with E-state index in [-0.39, 0.29) is 5.96 Å². The average Bonchev–Trinajstić information content (AvgIpc) is 2.06. The summed E-state index contributed by atoms with van der Waals surface area (Å²) in [6, 6.07) is 0. The molecule has 0 saturated carbocycles. The Kier molecular flexibility index (Phi) is 7.27. The van der Waals surface area contributed by atoms with Crippen LogP contribution in [-0.2, 0) is 4.74 Å². The van der Waals surface area contributed by atoms with E-state index in [0.29, 0.717) is 0 Å². The molecule has 78 valence electrons. The summed E-state index contributed by atoms with van der Waals surface area (Å²) in [5.41, 5.74) is 14.3. The van der Waals surface area contributed by atoms with E-state index in [1.54, 1.807) is 0 Å². The van der Waals surface area contributed by atoms with Gasteiger partial charge in [0.05, 0.1) is 13.2 Å². The quantitative estimate of drug-likeness (QED) is 0.300. The highest BCUT2D eigenvalue weighted by molar-refractivity contribution is 5.71. The molecule has 1 saturated heterocycles. The Bertz CT molecular complexity index is 128. The second-order valence-electron chi connectivity index (χ2n) is 2.70. The van der Waals surface area contributed by atoms with Crippen LogP contribution in [0.2, 0.25) is 0 Å². The third-order valence-electron chi connectivity index (χ3n) is 1.55. The van der Waals surface area contributed by atoms with Crippen molar-refractivity contribution in [3.8, 4) is 0 Å². The molecule has 1 rings (SSSR count). The zero-order valence-electron chi connectivity index (χ0n) is 7.83. The summed E-state index contributed by atoms with van der Waals surface area (Å²) in [5, 5.41) is 6.06. The molecule has 0 spiro atoms. The lowest BCUT2D eigenvalue weighted by Gasteiger charge is -2.25. The molecule has 0 aromatic rings. The fourth-order valence-electron chi connectivity index (χ4n) is 1.01. The maximum absolute atomic E-state index is 6.06. The Balaban J connectivity index is 0.000000310. The van der Waals surface area contributed by atoms with Gasteiger partial charge < -0.3 is 21.9 Å². The minimum absolute atomic E-state index is 0.333. The minimum Gasteiger partial charge on any atom is -0.379 e. The van der Waals surface area contributed by atoms with Crippen LogP contribution in [0.15, 0.2) is 0 Å². The van der Waals surface area contributed by atoms with Crippen LogP contribution in [-0.4, -0.2) is 50.3 Å². The second kappa shape index (κ2) is 7.78. The normalized spacial score (nSPS) is 17.3. The van der Waals surface area contributed by atoms with E-state index in [1.807, 2.05) is 0 Å². The number of rotatable bonds is 2. The topological polar surface area (TPSA) is 114 Å². The Morgan fingerprint density at radius 2 is 1.77 bits per heavy atom. The summed E-state index contributed by atoms with van der Waals surface area (Å²) in [6.45, 7) is 5.64. The molecular formula is C7H19N5O.